The summed E-state index contributed by atoms with van der Waals surface area (Å²) < 4.78 is 0. The molecule has 3 heteroatoms. The van der Waals surface area contributed by atoms with E-state index in [0.717, 1.165) is 12.5 Å². The van der Waals surface area contributed by atoms with Gasteiger partial charge in [-0.15, -0.1) is 11.3 Å². The van der Waals surface area contributed by atoms with Crippen molar-refractivity contribution in [2.45, 2.75) is 33.2 Å². The molecule has 1 unspecified atom stereocenters. The predicted molar refractivity (Wildman–Crippen MR) is 77.5 cm³/mol. The highest BCUT2D eigenvalue weighted by Crippen LogP contribution is 2.18. The second-order valence-electron chi connectivity index (χ2n) is 4.49. The van der Waals surface area contributed by atoms with Gasteiger partial charge in [-0.05, 0) is 36.5 Å². The normalized spacial score (nSPS) is 13.2. The second-order valence-corrected chi connectivity index (χ2v) is 6.69. The van der Waals surface area contributed by atoms with Gasteiger partial charge < -0.3 is 5.32 Å². The van der Waals surface area contributed by atoms with Crippen molar-refractivity contribution in [1.29, 1.82) is 0 Å². The highest BCUT2D eigenvalue weighted by molar-refractivity contribution is 7.99. The molecule has 92 valence electrons. The summed E-state index contributed by atoms with van der Waals surface area (Å²) in [6.07, 6.45) is 1.34. The molecule has 0 amide bonds. The first-order chi connectivity index (χ1) is 7.70. The van der Waals surface area contributed by atoms with Crippen LogP contribution in [0.1, 0.15) is 38.1 Å². The van der Waals surface area contributed by atoms with Crippen LogP contribution in [0.15, 0.2) is 17.5 Å². The Morgan fingerprint density at radius 3 is 2.75 bits per heavy atom. The van der Waals surface area contributed by atoms with Gasteiger partial charge in [-0.2, -0.15) is 11.8 Å². The fraction of sp³-hybridized carbons (Fsp3) is 0.692. The highest BCUT2D eigenvalue weighted by atomic mass is 32.2. The molecule has 0 aromatic carbocycles. The van der Waals surface area contributed by atoms with Gasteiger partial charge in [-0.3, -0.25) is 0 Å². The van der Waals surface area contributed by atoms with E-state index in [-0.39, 0.29) is 0 Å². The third kappa shape index (κ3) is 5.92. The molecule has 0 radical (unpaired) electrons. The average molecular weight is 257 g/mol. The maximum atomic E-state index is 3.56. The number of rotatable bonds is 8. The van der Waals surface area contributed by atoms with Gasteiger partial charge in [-0.1, -0.05) is 19.9 Å². The molecule has 1 N–H and O–H groups in total. The smallest absolute Gasteiger partial charge is 0.0386 e. The van der Waals surface area contributed by atoms with Crippen molar-refractivity contribution in [3.8, 4) is 0 Å². The third-order valence-electron chi connectivity index (χ3n) is 2.51. The molecule has 0 fully saturated rings. The highest BCUT2D eigenvalue weighted by Gasteiger charge is 2.04. The SMILES string of the molecule is CC(C)CCSCCNC(C)c1cccs1. The first kappa shape index (κ1) is 14.1. The van der Waals surface area contributed by atoms with Crippen LogP contribution >= 0.6 is 23.1 Å². The Hall–Kier alpha value is 0.01000. The van der Waals surface area contributed by atoms with E-state index in [9.17, 15) is 0 Å². The Kier molecular flexibility index (Phi) is 7.17. The lowest BCUT2D eigenvalue weighted by Crippen LogP contribution is -2.20. The minimum atomic E-state index is 0.505. The van der Waals surface area contributed by atoms with Crippen molar-refractivity contribution < 1.29 is 0 Å². The Morgan fingerprint density at radius 2 is 2.12 bits per heavy atom. The number of hydrogen-bond acceptors (Lipinski definition) is 3. The molecule has 0 saturated heterocycles. The number of hydrogen-bond donors (Lipinski definition) is 1. The van der Waals surface area contributed by atoms with Gasteiger partial charge in [0.2, 0.25) is 0 Å². The molecule has 1 aromatic rings. The summed E-state index contributed by atoms with van der Waals surface area (Å²) in [7, 11) is 0. The zero-order chi connectivity index (χ0) is 11.8. The first-order valence-corrected chi connectivity index (χ1v) is 8.08. The molecule has 0 aliphatic heterocycles. The topological polar surface area (TPSA) is 12.0 Å². The molecule has 1 atom stereocenters. The molecule has 0 aliphatic carbocycles. The van der Waals surface area contributed by atoms with Gasteiger partial charge in [-0.25, -0.2) is 0 Å². The second kappa shape index (κ2) is 8.15. The van der Waals surface area contributed by atoms with E-state index in [1.165, 1.54) is 22.8 Å². The third-order valence-corrected chi connectivity index (χ3v) is 4.58. The summed E-state index contributed by atoms with van der Waals surface area (Å²) in [5.41, 5.74) is 0. The van der Waals surface area contributed by atoms with Crippen LogP contribution in [0.5, 0.6) is 0 Å². The molecule has 1 nitrogen and oxygen atoms in total. The van der Waals surface area contributed by atoms with Crippen molar-refractivity contribution in [2.75, 3.05) is 18.1 Å². The molecule has 0 aliphatic rings. The van der Waals surface area contributed by atoms with Gasteiger partial charge in [0.1, 0.15) is 0 Å². The van der Waals surface area contributed by atoms with E-state index in [0.29, 0.717) is 6.04 Å². The van der Waals surface area contributed by atoms with Crippen LogP contribution < -0.4 is 5.32 Å². The summed E-state index contributed by atoms with van der Waals surface area (Å²) in [5.74, 6) is 3.36. The van der Waals surface area contributed by atoms with Crippen molar-refractivity contribution in [3.63, 3.8) is 0 Å². The molecule has 1 rings (SSSR count). The average Bonchev–Trinajstić information content (AvgIpc) is 2.75. The van der Waals surface area contributed by atoms with Crippen LogP contribution in [0, 0.1) is 5.92 Å². The van der Waals surface area contributed by atoms with Crippen LogP contribution in [-0.2, 0) is 0 Å². The Bertz CT molecular complexity index is 257. The van der Waals surface area contributed by atoms with Crippen molar-refractivity contribution >= 4 is 23.1 Å². The van der Waals surface area contributed by atoms with E-state index in [2.05, 4.69) is 55.4 Å². The molecule has 1 aromatic heterocycles. The molecule has 16 heavy (non-hydrogen) atoms. The van der Waals surface area contributed by atoms with Gasteiger partial charge in [0.05, 0.1) is 0 Å². The van der Waals surface area contributed by atoms with Crippen molar-refractivity contribution in [3.05, 3.63) is 22.4 Å². The lowest BCUT2D eigenvalue weighted by Gasteiger charge is -2.11. The van der Waals surface area contributed by atoms with Crippen molar-refractivity contribution in [2.24, 2.45) is 5.92 Å². The quantitative estimate of drug-likeness (QED) is 0.701. The van der Waals surface area contributed by atoms with Crippen LogP contribution in [-0.4, -0.2) is 18.1 Å². The van der Waals surface area contributed by atoms with Crippen LogP contribution in [0.3, 0.4) is 0 Å². The van der Waals surface area contributed by atoms with E-state index < -0.39 is 0 Å². The molecule has 0 spiro atoms. The van der Waals surface area contributed by atoms with Gasteiger partial charge in [0.15, 0.2) is 0 Å². The lowest BCUT2D eigenvalue weighted by molar-refractivity contribution is 0.609. The Balaban J connectivity index is 1.99. The van der Waals surface area contributed by atoms with E-state index in [4.69, 9.17) is 0 Å². The summed E-state index contributed by atoms with van der Waals surface area (Å²) in [5, 5.41) is 5.71. The van der Waals surface area contributed by atoms with E-state index in [1.54, 1.807) is 0 Å². The molecule has 1 heterocycles. The molecular formula is C13H23NS2. The summed E-state index contributed by atoms with van der Waals surface area (Å²) >= 11 is 3.90. The minimum absolute atomic E-state index is 0.505. The number of thioether (sulfide) groups is 1. The summed E-state index contributed by atoms with van der Waals surface area (Å²) in [4.78, 5) is 1.44. The largest absolute Gasteiger partial charge is 0.309 e. The molecule has 0 bridgehead atoms. The van der Waals surface area contributed by atoms with Crippen LogP contribution in [0.4, 0.5) is 0 Å². The van der Waals surface area contributed by atoms with E-state index in [1.807, 2.05) is 11.3 Å². The summed E-state index contributed by atoms with van der Waals surface area (Å²) in [6, 6.07) is 4.83. The number of nitrogens with one attached hydrogen (secondary N) is 1. The van der Waals surface area contributed by atoms with Crippen molar-refractivity contribution in [1.82, 2.24) is 5.32 Å². The zero-order valence-electron chi connectivity index (χ0n) is 10.5. The Morgan fingerprint density at radius 1 is 1.31 bits per heavy atom. The maximum Gasteiger partial charge on any atom is 0.0386 e. The minimum Gasteiger partial charge on any atom is -0.309 e. The Labute approximate surface area is 108 Å². The monoisotopic (exact) mass is 257 g/mol. The predicted octanol–water partition coefficient (Wildman–Crippen LogP) is 4.18. The van der Waals surface area contributed by atoms with E-state index >= 15 is 0 Å². The fourth-order valence-electron chi connectivity index (χ4n) is 1.41. The lowest BCUT2D eigenvalue weighted by atomic mass is 10.2. The number of thiophene rings is 1. The zero-order valence-corrected chi connectivity index (χ0v) is 12.2. The summed E-state index contributed by atoms with van der Waals surface area (Å²) in [6.45, 7) is 7.93. The van der Waals surface area contributed by atoms with Gasteiger partial charge in [0.25, 0.3) is 0 Å². The molecule has 0 saturated carbocycles. The maximum absolute atomic E-state index is 3.56. The first-order valence-electron chi connectivity index (χ1n) is 6.04. The standard InChI is InChI=1S/C13H23NS2/c1-11(2)6-9-15-10-7-14-12(3)13-5-4-8-16-13/h4-5,8,11-12,14H,6-7,9-10H2,1-3H3. The molecular weight excluding hydrogens is 234 g/mol. The van der Waals surface area contributed by atoms with Crippen LogP contribution in [0.25, 0.3) is 0 Å². The van der Waals surface area contributed by atoms with Gasteiger partial charge >= 0.3 is 0 Å². The van der Waals surface area contributed by atoms with Crippen LogP contribution in [0.2, 0.25) is 0 Å². The van der Waals surface area contributed by atoms with Gasteiger partial charge in [0, 0.05) is 23.2 Å². The fourth-order valence-corrected chi connectivity index (χ4v) is 3.27.